The Morgan fingerprint density at radius 3 is 2.55 bits per heavy atom. The Bertz CT molecular complexity index is 1890. The minimum atomic E-state index is -1.69. The number of ether oxygens (including phenoxy) is 1. The van der Waals surface area contributed by atoms with Crippen LogP contribution in [0.15, 0.2) is 58.6 Å². The molecule has 2 aliphatic rings. The number of hydrogen-bond acceptors (Lipinski definition) is 9. The zero-order valence-electron chi connectivity index (χ0n) is 28.9. The highest BCUT2D eigenvalue weighted by Gasteiger charge is 2.40. The van der Waals surface area contributed by atoms with Gasteiger partial charge in [-0.3, -0.25) is 9.36 Å². The summed E-state index contributed by atoms with van der Waals surface area (Å²) in [6.45, 7) is 9.55. The Morgan fingerprint density at radius 1 is 1.14 bits per heavy atom. The van der Waals surface area contributed by atoms with E-state index in [4.69, 9.17) is 9.57 Å². The first-order valence-corrected chi connectivity index (χ1v) is 17.4. The van der Waals surface area contributed by atoms with Gasteiger partial charge in [0, 0.05) is 29.5 Å². The van der Waals surface area contributed by atoms with Crippen molar-refractivity contribution in [3.63, 3.8) is 0 Å². The van der Waals surface area contributed by atoms with Gasteiger partial charge >= 0.3 is 0 Å². The van der Waals surface area contributed by atoms with E-state index in [0.717, 1.165) is 30.5 Å². The number of amidine groups is 1. The monoisotopic (exact) mass is 674 g/mol. The first-order chi connectivity index (χ1) is 23.4. The van der Waals surface area contributed by atoms with Crippen molar-refractivity contribution >= 4 is 11.6 Å². The average Bonchev–Trinajstić information content (AvgIpc) is 3.74. The van der Waals surface area contributed by atoms with Gasteiger partial charge in [-0.1, -0.05) is 63.6 Å². The van der Waals surface area contributed by atoms with Crippen LogP contribution < -0.4 is 11.0 Å². The van der Waals surface area contributed by atoms with E-state index in [0.29, 0.717) is 59.6 Å². The molecule has 3 N–H and O–H groups in total. The molecule has 0 saturated heterocycles. The van der Waals surface area contributed by atoms with Crippen LogP contribution in [0.4, 0.5) is 4.39 Å². The largest absolute Gasteiger partial charge is 0.388 e. The van der Waals surface area contributed by atoms with Gasteiger partial charge < -0.3 is 14.9 Å². The summed E-state index contributed by atoms with van der Waals surface area (Å²) in [7, 11) is 0. The van der Waals surface area contributed by atoms with Crippen LogP contribution in [0.5, 0.6) is 0 Å². The van der Waals surface area contributed by atoms with E-state index in [1.807, 2.05) is 51.1 Å². The lowest BCUT2D eigenvalue weighted by Crippen LogP contribution is -2.36. The van der Waals surface area contributed by atoms with Crippen molar-refractivity contribution in [1.82, 2.24) is 24.6 Å². The lowest BCUT2D eigenvalue weighted by atomic mass is 9.92. The van der Waals surface area contributed by atoms with E-state index in [9.17, 15) is 15.0 Å². The fourth-order valence-electron chi connectivity index (χ4n) is 6.78. The van der Waals surface area contributed by atoms with Crippen LogP contribution in [0.2, 0.25) is 0 Å². The molecule has 1 fully saturated rings. The van der Waals surface area contributed by atoms with Crippen molar-refractivity contribution in [3.8, 4) is 11.1 Å². The first kappa shape index (κ1) is 34.9. The topological polar surface area (TPSA) is 136 Å². The van der Waals surface area contributed by atoms with Crippen LogP contribution in [0, 0.1) is 11.7 Å². The lowest BCUT2D eigenvalue weighted by Gasteiger charge is -2.32. The Balaban J connectivity index is 1.31. The zero-order chi connectivity index (χ0) is 34.9. The summed E-state index contributed by atoms with van der Waals surface area (Å²) in [6, 6.07) is 12.4. The minimum Gasteiger partial charge on any atom is -0.388 e. The molecule has 11 nitrogen and oxygen atoms in total. The van der Waals surface area contributed by atoms with Gasteiger partial charge in [0.1, 0.15) is 12.1 Å². The highest BCUT2D eigenvalue weighted by Crippen LogP contribution is 2.33. The summed E-state index contributed by atoms with van der Waals surface area (Å²) in [6.07, 6.45) is 6.56. The average molecular weight is 675 g/mol. The number of nitrogens with zero attached hydrogens (tertiary/aromatic N) is 5. The molecule has 4 aromatic rings. The van der Waals surface area contributed by atoms with Crippen LogP contribution in [0.3, 0.4) is 0 Å². The molecule has 262 valence electrons. The van der Waals surface area contributed by atoms with Gasteiger partial charge in [0.15, 0.2) is 5.84 Å². The van der Waals surface area contributed by atoms with Crippen molar-refractivity contribution in [1.29, 1.82) is 0 Å². The maximum absolute atomic E-state index is 16.1. The van der Waals surface area contributed by atoms with E-state index >= 15 is 4.39 Å². The van der Waals surface area contributed by atoms with Gasteiger partial charge in [0.2, 0.25) is 5.78 Å². The molecular formula is C37H47FN6O5. The molecule has 3 heterocycles. The van der Waals surface area contributed by atoms with Crippen LogP contribution >= 0.6 is 0 Å². The van der Waals surface area contributed by atoms with E-state index in [1.54, 1.807) is 29.0 Å². The van der Waals surface area contributed by atoms with E-state index in [2.05, 4.69) is 20.6 Å². The Hall–Kier alpha value is -3.97. The Morgan fingerprint density at radius 2 is 1.88 bits per heavy atom. The molecule has 2 aromatic carbocycles. The summed E-state index contributed by atoms with van der Waals surface area (Å²) in [5, 5.41) is 25.5. The number of benzene rings is 2. The fourth-order valence-corrected chi connectivity index (χ4v) is 6.78. The molecular weight excluding hydrogens is 627 g/mol. The van der Waals surface area contributed by atoms with Crippen molar-refractivity contribution in [3.05, 3.63) is 87.3 Å². The van der Waals surface area contributed by atoms with E-state index in [-0.39, 0.29) is 36.7 Å². The normalized spacial score (nSPS) is 21.9. The molecule has 12 heteroatoms. The third kappa shape index (κ3) is 7.19. The van der Waals surface area contributed by atoms with Gasteiger partial charge in [0.05, 0.1) is 24.0 Å². The molecule has 1 saturated carbocycles. The maximum atomic E-state index is 16.1. The lowest BCUT2D eigenvalue weighted by molar-refractivity contribution is -0.234. The molecule has 0 radical (unpaired) electrons. The second-order valence-corrected chi connectivity index (χ2v) is 14.0. The maximum Gasteiger partial charge on any atom is 0.293 e. The first-order valence-electron chi connectivity index (χ1n) is 17.4. The molecule has 49 heavy (non-hydrogen) atoms. The van der Waals surface area contributed by atoms with Crippen molar-refractivity contribution in [2.75, 3.05) is 6.61 Å². The second-order valence-electron chi connectivity index (χ2n) is 14.0. The number of fused-ring (bicyclic) bond motifs is 1. The van der Waals surface area contributed by atoms with Crippen LogP contribution in [-0.2, 0) is 22.4 Å². The molecule has 2 atom stereocenters. The predicted molar refractivity (Wildman–Crippen MR) is 185 cm³/mol. The molecule has 2 unspecified atom stereocenters. The van der Waals surface area contributed by atoms with Gasteiger partial charge in [-0.2, -0.15) is 10.1 Å². The van der Waals surface area contributed by atoms with Crippen LogP contribution in [-0.4, -0.2) is 59.4 Å². The van der Waals surface area contributed by atoms with E-state index in [1.165, 1.54) is 12.4 Å². The molecule has 1 aliphatic heterocycles. The number of aromatic nitrogens is 4. The smallest absolute Gasteiger partial charge is 0.293 e. The molecule has 6 rings (SSSR count). The fraction of sp³-hybridized carbons (Fsp3) is 0.514. The van der Waals surface area contributed by atoms with Gasteiger partial charge in [-0.05, 0) is 75.1 Å². The number of hydroxylamine groups is 1. The number of aliphatic hydroxyl groups is 2. The summed E-state index contributed by atoms with van der Waals surface area (Å²) < 4.78 is 25.5. The van der Waals surface area contributed by atoms with Crippen molar-refractivity contribution in [2.24, 2.45) is 10.9 Å². The molecule has 0 bridgehead atoms. The third-order valence-corrected chi connectivity index (χ3v) is 9.73. The summed E-state index contributed by atoms with van der Waals surface area (Å²) in [4.78, 5) is 28.8. The number of hydrogen-bond donors (Lipinski definition) is 3. The summed E-state index contributed by atoms with van der Waals surface area (Å²) in [5.74, 6) is -1.50. The number of nitrogens with one attached hydrogen (secondary N) is 1. The third-order valence-electron chi connectivity index (χ3n) is 9.73. The van der Waals surface area contributed by atoms with Crippen LogP contribution in [0.1, 0.15) is 102 Å². The minimum absolute atomic E-state index is 0.0129. The highest BCUT2D eigenvalue weighted by atomic mass is 19.1. The SMILES string of the molecule is CCCc1c(Cc2ccc(-c3ccccc3C3=NC(O)(C(C)CC)ON3)cc2F)c(=O)n(C2CCC(OCC(C)(C)O)CC2)c2ncnn12. The number of rotatable bonds is 12. The summed E-state index contributed by atoms with van der Waals surface area (Å²) in [5.41, 5.74) is 5.36. The van der Waals surface area contributed by atoms with Crippen molar-refractivity contribution in [2.45, 2.75) is 110 Å². The second kappa shape index (κ2) is 14.1. The van der Waals surface area contributed by atoms with Gasteiger partial charge in [0.25, 0.3) is 11.5 Å². The zero-order valence-corrected chi connectivity index (χ0v) is 28.9. The van der Waals surface area contributed by atoms with Crippen molar-refractivity contribution < 1.29 is 24.2 Å². The molecule has 0 amide bonds. The Labute approximate surface area is 285 Å². The van der Waals surface area contributed by atoms with Gasteiger partial charge in [-0.15, -0.1) is 0 Å². The summed E-state index contributed by atoms with van der Waals surface area (Å²) >= 11 is 0. The Kier molecular flexibility index (Phi) is 10.0. The molecule has 1 aliphatic carbocycles. The predicted octanol–water partition coefficient (Wildman–Crippen LogP) is 5.49. The molecule has 0 spiro atoms. The van der Waals surface area contributed by atoms with Gasteiger partial charge in [-0.25, -0.2) is 24.2 Å². The highest BCUT2D eigenvalue weighted by molar-refractivity contribution is 6.04. The number of halogens is 1. The van der Waals surface area contributed by atoms with E-state index < -0.39 is 17.3 Å². The van der Waals surface area contributed by atoms with Crippen LogP contribution in [0.25, 0.3) is 16.9 Å². The number of aliphatic imine (C=N–C) groups is 1. The molecule has 2 aromatic heterocycles. The quantitative estimate of drug-likeness (QED) is 0.180. The standard InChI is InChI=1S/C37H47FN6O5/c1-6-10-32-30(34(45)43(35-39-22-40-44(32)35)26-15-17-27(18-16-26)48-21-36(4,5)46)19-25-14-13-24(20-31(25)38)28-11-8-9-12-29(28)33-41-37(47,49-42-33)23(3)7-2/h8-9,11-14,20,22-23,26-27,46-47H,6-7,10,15-19,21H2,1-5H3,(H,41,42). The number of aryl methyl sites for hydroxylation is 1.